The van der Waals surface area contributed by atoms with Gasteiger partial charge in [0, 0.05) is 18.8 Å². The van der Waals surface area contributed by atoms with Gasteiger partial charge in [0.05, 0.1) is 11.1 Å². The van der Waals surface area contributed by atoms with Gasteiger partial charge in [-0.1, -0.05) is 0 Å². The first kappa shape index (κ1) is 13.4. The Balaban J connectivity index is 1.93. The molecule has 0 aliphatic carbocycles. The number of nitriles is 1. The molecule has 5 heteroatoms. The van der Waals surface area contributed by atoms with E-state index in [0.29, 0.717) is 5.56 Å². The highest BCUT2D eigenvalue weighted by Crippen LogP contribution is 2.15. The summed E-state index contributed by atoms with van der Waals surface area (Å²) in [7, 11) is 0. The minimum absolute atomic E-state index is 0.271. The molecule has 1 saturated heterocycles. The Hall–Kier alpha value is -2.06. The van der Waals surface area contributed by atoms with E-state index in [2.05, 4.69) is 10.2 Å². The number of hydrogen-bond donors (Lipinski definition) is 2. The number of hydrogen-bond acceptors (Lipinski definition) is 4. The minimum Gasteiger partial charge on any atom is -0.384 e. The Morgan fingerprint density at radius 2 is 2.16 bits per heavy atom. The smallest absolute Gasteiger partial charge is 0.250 e. The number of rotatable bonds is 5. The molecule has 0 unspecified atom stereocenters. The number of benzene rings is 1. The lowest BCUT2D eigenvalue weighted by Crippen LogP contribution is -2.26. The third kappa shape index (κ3) is 3.46. The zero-order chi connectivity index (χ0) is 13.7. The number of nitrogens with two attached hydrogens (primary N) is 1. The van der Waals surface area contributed by atoms with E-state index in [-0.39, 0.29) is 5.56 Å². The third-order valence-corrected chi connectivity index (χ3v) is 3.36. The minimum atomic E-state index is -0.569. The van der Waals surface area contributed by atoms with Crippen molar-refractivity contribution >= 4 is 11.6 Å². The molecule has 1 aliphatic heterocycles. The van der Waals surface area contributed by atoms with Crippen molar-refractivity contribution in [1.29, 1.82) is 5.26 Å². The molecule has 0 saturated carbocycles. The molecule has 0 atom stereocenters. The van der Waals surface area contributed by atoms with Crippen LogP contribution in [0.3, 0.4) is 0 Å². The van der Waals surface area contributed by atoms with E-state index < -0.39 is 5.91 Å². The second-order valence-corrected chi connectivity index (χ2v) is 4.71. The fourth-order valence-corrected chi connectivity index (χ4v) is 2.33. The van der Waals surface area contributed by atoms with Crippen LogP contribution in [0.1, 0.15) is 28.8 Å². The largest absolute Gasteiger partial charge is 0.384 e. The first-order valence-electron chi connectivity index (χ1n) is 6.51. The Labute approximate surface area is 113 Å². The predicted molar refractivity (Wildman–Crippen MR) is 73.8 cm³/mol. The number of likely N-dealkylation sites (tertiary alicyclic amines) is 1. The van der Waals surface area contributed by atoms with E-state index in [9.17, 15) is 4.79 Å². The summed E-state index contributed by atoms with van der Waals surface area (Å²) in [5, 5.41) is 12.3. The number of carbonyl (C=O) groups excluding carboxylic acids is 1. The van der Waals surface area contributed by atoms with Crippen molar-refractivity contribution in [1.82, 2.24) is 4.90 Å². The highest BCUT2D eigenvalue weighted by molar-refractivity contribution is 5.95. The van der Waals surface area contributed by atoms with E-state index in [1.54, 1.807) is 18.2 Å². The molecule has 0 aromatic heterocycles. The van der Waals surface area contributed by atoms with Gasteiger partial charge < -0.3 is 16.0 Å². The Morgan fingerprint density at radius 3 is 2.79 bits per heavy atom. The molecule has 1 amide bonds. The van der Waals surface area contributed by atoms with Crippen molar-refractivity contribution in [3.8, 4) is 6.07 Å². The predicted octanol–water partition coefficient (Wildman–Crippen LogP) is 1.16. The van der Waals surface area contributed by atoms with Crippen molar-refractivity contribution in [3.63, 3.8) is 0 Å². The molecule has 19 heavy (non-hydrogen) atoms. The monoisotopic (exact) mass is 258 g/mol. The van der Waals surface area contributed by atoms with Crippen LogP contribution in [-0.4, -0.2) is 37.0 Å². The quantitative estimate of drug-likeness (QED) is 0.830. The summed E-state index contributed by atoms with van der Waals surface area (Å²) in [6.45, 7) is 4.18. The number of carbonyl (C=O) groups is 1. The van der Waals surface area contributed by atoms with Gasteiger partial charge in [-0.15, -0.1) is 0 Å². The lowest BCUT2D eigenvalue weighted by atomic mass is 10.1. The van der Waals surface area contributed by atoms with Crippen molar-refractivity contribution in [2.75, 3.05) is 31.5 Å². The molecule has 0 spiro atoms. The van der Waals surface area contributed by atoms with Gasteiger partial charge >= 0.3 is 0 Å². The lowest BCUT2D eigenvalue weighted by molar-refractivity contribution is 0.1000. The van der Waals surface area contributed by atoms with E-state index in [4.69, 9.17) is 11.0 Å². The number of primary amides is 1. The Bertz CT molecular complexity index is 501. The van der Waals surface area contributed by atoms with Crippen LogP contribution < -0.4 is 11.1 Å². The van der Waals surface area contributed by atoms with Gasteiger partial charge in [0.25, 0.3) is 0 Å². The summed E-state index contributed by atoms with van der Waals surface area (Å²) in [5.41, 5.74) is 6.64. The van der Waals surface area contributed by atoms with E-state index in [0.717, 1.165) is 18.8 Å². The molecule has 1 aromatic carbocycles. The summed E-state index contributed by atoms with van der Waals surface area (Å²) >= 11 is 0. The summed E-state index contributed by atoms with van der Waals surface area (Å²) in [6, 6.07) is 7.05. The second-order valence-electron chi connectivity index (χ2n) is 4.71. The summed E-state index contributed by atoms with van der Waals surface area (Å²) < 4.78 is 0. The van der Waals surface area contributed by atoms with Gasteiger partial charge in [-0.2, -0.15) is 5.26 Å². The zero-order valence-corrected chi connectivity index (χ0v) is 10.9. The molecule has 2 rings (SSSR count). The molecule has 0 bridgehead atoms. The number of nitrogens with zero attached hydrogens (tertiary/aromatic N) is 2. The molecule has 5 nitrogen and oxygen atoms in total. The van der Waals surface area contributed by atoms with Crippen molar-refractivity contribution in [2.24, 2.45) is 5.73 Å². The first-order valence-corrected chi connectivity index (χ1v) is 6.51. The molecule has 100 valence electrons. The maximum atomic E-state index is 11.1. The summed E-state index contributed by atoms with van der Waals surface area (Å²) in [6.07, 6.45) is 2.57. The number of amides is 1. The average Bonchev–Trinajstić information content (AvgIpc) is 2.91. The van der Waals surface area contributed by atoms with Gasteiger partial charge in [-0.05, 0) is 44.1 Å². The second kappa shape index (κ2) is 6.21. The van der Waals surface area contributed by atoms with Crippen molar-refractivity contribution < 1.29 is 4.79 Å². The molecular weight excluding hydrogens is 240 g/mol. The van der Waals surface area contributed by atoms with Gasteiger partial charge in [-0.25, -0.2) is 0 Å². The topological polar surface area (TPSA) is 82.2 Å². The Kier molecular flexibility index (Phi) is 4.37. The fraction of sp³-hybridized carbons (Fsp3) is 0.429. The molecule has 1 fully saturated rings. The van der Waals surface area contributed by atoms with E-state index >= 15 is 0 Å². The highest BCUT2D eigenvalue weighted by atomic mass is 16.1. The third-order valence-electron chi connectivity index (χ3n) is 3.36. The highest BCUT2D eigenvalue weighted by Gasteiger charge is 2.11. The van der Waals surface area contributed by atoms with Crippen LogP contribution in [0.4, 0.5) is 5.69 Å². The van der Waals surface area contributed by atoms with Crippen LogP contribution in [-0.2, 0) is 0 Å². The summed E-state index contributed by atoms with van der Waals surface area (Å²) in [4.78, 5) is 13.5. The molecule has 1 aliphatic rings. The van der Waals surface area contributed by atoms with Crippen LogP contribution >= 0.6 is 0 Å². The molecule has 0 radical (unpaired) electrons. The summed E-state index contributed by atoms with van der Waals surface area (Å²) in [5.74, 6) is -0.569. The zero-order valence-electron chi connectivity index (χ0n) is 10.9. The SMILES string of the molecule is N#Cc1cc(NCCN2CCCC2)ccc1C(N)=O. The number of nitrogens with one attached hydrogen (secondary N) is 1. The Morgan fingerprint density at radius 1 is 1.42 bits per heavy atom. The van der Waals surface area contributed by atoms with Crippen molar-refractivity contribution in [3.05, 3.63) is 29.3 Å². The standard InChI is InChI=1S/C14H18N4O/c15-10-11-9-12(3-4-13(11)14(16)19)17-5-8-18-6-1-2-7-18/h3-4,9,17H,1-2,5-8H2,(H2,16,19). The van der Waals surface area contributed by atoms with Gasteiger partial charge in [0.2, 0.25) is 5.91 Å². The maximum Gasteiger partial charge on any atom is 0.250 e. The van der Waals surface area contributed by atoms with E-state index in [1.165, 1.54) is 25.9 Å². The van der Waals surface area contributed by atoms with Crippen LogP contribution in [0.15, 0.2) is 18.2 Å². The fourth-order valence-electron chi connectivity index (χ4n) is 2.33. The van der Waals surface area contributed by atoms with Gasteiger partial charge in [0.15, 0.2) is 0 Å². The van der Waals surface area contributed by atoms with Crippen LogP contribution in [0.5, 0.6) is 0 Å². The normalized spacial score (nSPS) is 15.1. The van der Waals surface area contributed by atoms with E-state index in [1.807, 2.05) is 6.07 Å². The first-order chi connectivity index (χ1) is 9.20. The molecular formula is C14H18N4O. The average molecular weight is 258 g/mol. The van der Waals surface area contributed by atoms with Gasteiger partial charge in [0.1, 0.15) is 6.07 Å². The maximum absolute atomic E-state index is 11.1. The van der Waals surface area contributed by atoms with Crippen LogP contribution in [0.25, 0.3) is 0 Å². The molecule has 1 aromatic rings. The van der Waals surface area contributed by atoms with Crippen LogP contribution in [0.2, 0.25) is 0 Å². The van der Waals surface area contributed by atoms with Gasteiger partial charge in [-0.3, -0.25) is 4.79 Å². The van der Waals surface area contributed by atoms with Crippen LogP contribution in [0, 0.1) is 11.3 Å². The van der Waals surface area contributed by atoms with Crippen molar-refractivity contribution in [2.45, 2.75) is 12.8 Å². The molecule has 1 heterocycles. The number of anilines is 1. The molecule has 3 N–H and O–H groups in total. The lowest BCUT2D eigenvalue weighted by Gasteiger charge is -2.15.